The van der Waals surface area contributed by atoms with Gasteiger partial charge in [0.15, 0.2) is 0 Å². The van der Waals surface area contributed by atoms with Crippen molar-refractivity contribution in [2.24, 2.45) is 0 Å². The van der Waals surface area contributed by atoms with E-state index in [1.807, 2.05) is 18.2 Å². The van der Waals surface area contributed by atoms with Gasteiger partial charge >= 0.3 is 0 Å². The Hall–Kier alpha value is -0.860. The molecule has 1 aromatic carbocycles. The van der Waals surface area contributed by atoms with Crippen LogP contribution in [0.1, 0.15) is 12.8 Å². The summed E-state index contributed by atoms with van der Waals surface area (Å²) in [5, 5.41) is 4.05. The van der Waals surface area contributed by atoms with Gasteiger partial charge in [0.1, 0.15) is 0 Å². The number of nitrogens with one attached hydrogen (secondary N) is 1. The molecule has 0 aliphatic carbocycles. The Morgan fingerprint density at radius 1 is 1.10 bits per heavy atom. The Labute approximate surface area is 146 Å². The lowest BCUT2D eigenvalue weighted by molar-refractivity contribution is 0.883. The molecule has 1 aliphatic rings. The molecule has 1 fully saturated rings. The zero-order valence-electron chi connectivity index (χ0n) is 11.0. The van der Waals surface area contributed by atoms with Gasteiger partial charge in [0, 0.05) is 21.7 Å². The van der Waals surface area contributed by atoms with Crippen molar-refractivity contribution in [2.75, 3.05) is 23.3 Å². The van der Waals surface area contributed by atoms with E-state index < -0.39 is 0 Å². The highest BCUT2D eigenvalue weighted by atomic mass is 127. The summed E-state index contributed by atoms with van der Waals surface area (Å²) >= 11 is 14.2. The van der Waals surface area contributed by atoms with E-state index in [2.05, 4.69) is 47.8 Å². The van der Waals surface area contributed by atoms with Crippen LogP contribution in [0.25, 0.3) is 0 Å². The Morgan fingerprint density at radius 3 is 2.57 bits per heavy atom. The third kappa shape index (κ3) is 3.67. The number of benzene rings is 1. The van der Waals surface area contributed by atoms with Crippen molar-refractivity contribution in [1.82, 2.24) is 15.0 Å². The van der Waals surface area contributed by atoms with E-state index in [-0.39, 0.29) is 5.28 Å². The first-order valence-corrected chi connectivity index (χ1v) is 8.34. The van der Waals surface area contributed by atoms with E-state index in [1.165, 1.54) is 0 Å². The quantitative estimate of drug-likeness (QED) is 0.734. The van der Waals surface area contributed by atoms with Crippen LogP contribution in [0, 0.1) is 3.57 Å². The highest BCUT2D eigenvalue weighted by Gasteiger charge is 2.17. The van der Waals surface area contributed by atoms with Crippen molar-refractivity contribution < 1.29 is 0 Å². The molecule has 0 radical (unpaired) electrons. The summed E-state index contributed by atoms with van der Waals surface area (Å²) in [6.07, 6.45) is 2.31. The average Bonchev–Trinajstić information content (AvgIpc) is 2.95. The predicted octanol–water partition coefficient (Wildman–Crippen LogP) is 4.13. The minimum atomic E-state index is 0.193. The zero-order chi connectivity index (χ0) is 14.8. The van der Waals surface area contributed by atoms with Crippen molar-refractivity contribution in [3.8, 4) is 0 Å². The molecule has 2 aromatic rings. The minimum Gasteiger partial charge on any atom is -0.341 e. The van der Waals surface area contributed by atoms with E-state index >= 15 is 0 Å². The standard InChI is InChI=1S/C13H12Cl2IN5/c14-8-3-4-10(9(16)7-8)17-12-18-11(15)19-13(20-12)21-5-1-2-6-21/h3-4,7H,1-2,5-6H2,(H,17,18,19,20). The summed E-state index contributed by atoms with van der Waals surface area (Å²) in [7, 11) is 0. The lowest BCUT2D eigenvalue weighted by atomic mass is 10.3. The van der Waals surface area contributed by atoms with Gasteiger partial charge in [-0.2, -0.15) is 15.0 Å². The molecule has 5 nitrogen and oxygen atoms in total. The van der Waals surface area contributed by atoms with Crippen LogP contribution >= 0.6 is 45.8 Å². The van der Waals surface area contributed by atoms with E-state index in [0.29, 0.717) is 16.9 Å². The summed E-state index contributed by atoms with van der Waals surface area (Å²) in [4.78, 5) is 14.9. The average molecular weight is 436 g/mol. The van der Waals surface area contributed by atoms with E-state index in [4.69, 9.17) is 23.2 Å². The van der Waals surface area contributed by atoms with Gasteiger partial charge in [-0.3, -0.25) is 0 Å². The van der Waals surface area contributed by atoms with Gasteiger partial charge in [0.2, 0.25) is 17.2 Å². The molecule has 21 heavy (non-hydrogen) atoms. The highest BCUT2D eigenvalue weighted by Crippen LogP contribution is 2.26. The molecular formula is C13H12Cl2IN5. The second kappa shape index (κ2) is 6.50. The van der Waals surface area contributed by atoms with Crippen LogP contribution in [0.15, 0.2) is 18.2 Å². The van der Waals surface area contributed by atoms with Crippen molar-refractivity contribution >= 4 is 63.4 Å². The highest BCUT2D eigenvalue weighted by molar-refractivity contribution is 14.1. The predicted molar refractivity (Wildman–Crippen MR) is 93.7 cm³/mol. The number of aromatic nitrogens is 3. The molecule has 1 aromatic heterocycles. The number of hydrogen-bond donors (Lipinski definition) is 1. The normalized spacial score (nSPS) is 14.5. The summed E-state index contributed by atoms with van der Waals surface area (Å²) in [5.74, 6) is 1.07. The van der Waals surface area contributed by atoms with Gasteiger partial charge in [-0.05, 0) is 65.2 Å². The third-order valence-corrected chi connectivity index (χ3v) is 4.46. The molecule has 1 N–H and O–H groups in total. The van der Waals surface area contributed by atoms with Crippen LogP contribution in [0.4, 0.5) is 17.6 Å². The van der Waals surface area contributed by atoms with Crippen LogP contribution in [-0.2, 0) is 0 Å². The number of hydrogen-bond acceptors (Lipinski definition) is 5. The van der Waals surface area contributed by atoms with E-state index in [9.17, 15) is 0 Å². The molecule has 0 unspecified atom stereocenters. The maximum Gasteiger partial charge on any atom is 0.233 e. The smallest absolute Gasteiger partial charge is 0.233 e. The maximum atomic E-state index is 6.01. The zero-order valence-corrected chi connectivity index (χ0v) is 14.7. The van der Waals surface area contributed by atoms with Crippen LogP contribution in [0.3, 0.4) is 0 Å². The van der Waals surface area contributed by atoms with Crippen LogP contribution in [0.5, 0.6) is 0 Å². The van der Waals surface area contributed by atoms with Gasteiger partial charge < -0.3 is 10.2 Å². The van der Waals surface area contributed by atoms with Crippen LogP contribution < -0.4 is 10.2 Å². The molecule has 0 saturated carbocycles. The number of nitrogens with zero attached hydrogens (tertiary/aromatic N) is 4. The number of rotatable bonds is 3. The fourth-order valence-electron chi connectivity index (χ4n) is 2.17. The lowest BCUT2D eigenvalue weighted by Gasteiger charge is -2.16. The fourth-order valence-corrected chi connectivity index (χ4v) is 3.33. The topological polar surface area (TPSA) is 53.9 Å². The molecule has 8 heteroatoms. The second-order valence-corrected chi connectivity index (χ2v) is 6.61. The SMILES string of the molecule is Clc1ccc(Nc2nc(Cl)nc(N3CCCC3)n2)c(I)c1. The fraction of sp³-hybridized carbons (Fsp3) is 0.308. The molecule has 0 amide bonds. The molecule has 3 rings (SSSR count). The first kappa shape index (κ1) is 15.1. The molecule has 1 aliphatic heterocycles. The van der Waals surface area contributed by atoms with E-state index in [1.54, 1.807) is 0 Å². The van der Waals surface area contributed by atoms with Gasteiger partial charge in [-0.1, -0.05) is 11.6 Å². The Balaban J connectivity index is 1.87. The number of halogens is 3. The molecule has 0 spiro atoms. The van der Waals surface area contributed by atoms with Crippen molar-refractivity contribution in [3.05, 3.63) is 32.1 Å². The summed E-state index contributed by atoms with van der Waals surface area (Å²) in [5.41, 5.74) is 0.884. The van der Waals surface area contributed by atoms with Gasteiger partial charge in [0.05, 0.1) is 5.69 Å². The largest absolute Gasteiger partial charge is 0.341 e. The van der Waals surface area contributed by atoms with Gasteiger partial charge in [0.25, 0.3) is 0 Å². The van der Waals surface area contributed by atoms with Gasteiger partial charge in [-0.15, -0.1) is 0 Å². The summed E-state index contributed by atoms with van der Waals surface area (Å²) in [6.45, 7) is 1.91. The van der Waals surface area contributed by atoms with Crippen LogP contribution in [0.2, 0.25) is 10.3 Å². The second-order valence-electron chi connectivity index (χ2n) is 4.67. The maximum absolute atomic E-state index is 6.01. The Bertz CT molecular complexity index is 661. The molecular weight excluding hydrogens is 424 g/mol. The molecule has 0 atom stereocenters. The summed E-state index contributed by atoms with van der Waals surface area (Å²) < 4.78 is 0.986. The summed E-state index contributed by atoms with van der Waals surface area (Å²) in [6, 6.07) is 5.57. The first-order chi connectivity index (χ1) is 10.1. The molecule has 2 heterocycles. The van der Waals surface area contributed by atoms with Crippen molar-refractivity contribution in [3.63, 3.8) is 0 Å². The number of anilines is 3. The van der Waals surface area contributed by atoms with Crippen molar-refractivity contribution in [2.45, 2.75) is 12.8 Å². The minimum absolute atomic E-state index is 0.193. The molecule has 1 saturated heterocycles. The molecule has 110 valence electrons. The van der Waals surface area contributed by atoms with Crippen molar-refractivity contribution in [1.29, 1.82) is 0 Å². The van der Waals surface area contributed by atoms with Gasteiger partial charge in [-0.25, -0.2) is 0 Å². The Morgan fingerprint density at radius 2 is 1.86 bits per heavy atom. The monoisotopic (exact) mass is 435 g/mol. The third-order valence-electron chi connectivity index (χ3n) is 3.16. The lowest BCUT2D eigenvalue weighted by Crippen LogP contribution is -2.21. The first-order valence-electron chi connectivity index (χ1n) is 6.50. The molecule has 0 bridgehead atoms. The van der Waals surface area contributed by atoms with E-state index in [0.717, 1.165) is 35.2 Å². The van der Waals surface area contributed by atoms with Crippen LogP contribution in [-0.4, -0.2) is 28.0 Å². The Kier molecular flexibility index (Phi) is 4.66.